The molecule has 0 atom stereocenters. The number of rotatable bonds is 6. The van der Waals surface area contributed by atoms with Gasteiger partial charge < -0.3 is 10.4 Å². The van der Waals surface area contributed by atoms with Crippen molar-refractivity contribution in [2.45, 2.75) is 26.7 Å². The summed E-state index contributed by atoms with van der Waals surface area (Å²) in [6.45, 7) is 3.77. The van der Waals surface area contributed by atoms with Crippen molar-refractivity contribution in [2.24, 2.45) is 5.41 Å². The summed E-state index contributed by atoms with van der Waals surface area (Å²) < 4.78 is 0. The van der Waals surface area contributed by atoms with Crippen molar-refractivity contribution < 1.29 is 14.7 Å². The Morgan fingerprint density at radius 2 is 1.91 bits per heavy atom. The van der Waals surface area contributed by atoms with E-state index in [1.165, 1.54) is 0 Å². The average Bonchev–Trinajstić information content (AvgIpc) is 2.55. The number of carboxylic acid groups (broad SMARTS) is 1. The molecule has 0 unspecified atom stereocenters. The molecule has 0 aliphatic carbocycles. The maximum absolute atomic E-state index is 12.3. The lowest BCUT2D eigenvalue weighted by Crippen LogP contribution is -2.42. The molecule has 22 heavy (non-hydrogen) atoms. The first-order valence-corrected chi connectivity index (χ1v) is 7.38. The Bertz CT molecular complexity index is 693. The van der Waals surface area contributed by atoms with E-state index in [2.05, 4.69) is 10.3 Å². The second-order valence-electron chi connectivity index (χ2n) is 5.41. The number of carboxylic acids is 1. The summed E-state index contributed by atoms with van der Waals surface area (Å²) in [7, 11) is 0. The van der Waals surface area contributed by atoms with Crippen LogP contribution in [0.2, 0.25) is 0 Å². The third kappa shape index (κ3) is 3.08. The van der Waals surface area contributed by atoms with Gasteiger partial charge in [0.2, 0.25) is 0 Å². The Hall–Kier alpha value is -2.43. The zero-order valence-electron chi connectivity index (χ0n) is 12.8. The predicted molar refractivity (Wildman–Crippen MR) is 84.7 cm³/mol. The van der Waals surface area contributed by atoms with Gasteiger partial charge >= 0.3 is 5.97 Å². The van der Waals surface area contributed by atoms with E-state index in [0.29, 0.717) is 18.4 Å². The standard InChI is InChI=1S/C17H20N2O3/c1-3-17(4-2,16(21)22)11-19-15(20)13-6-5-12-7-8-18-10-14(12)9-13/h5-10H,3-4,11H2,1-2H3,(H,19,20)(H,21,22). The molecule has 5 heteroatoms. The largest absolute Gasteiger partial charge is 0.481 e. The van der Waals surface area contributed by atoms with E-state index in [0.717, 1.165) is 10.8 Å². The quantitative estimate of drug-likeness (QED) is 0.859. The number of amides is 1. The fourth-order valence-electron chi connectivity index (χ4n) is 2.46. The monoisotopic (exact) mass is 300 g/mol. The van der Waals surface area contributed by atoms with Crippen LogP contribution in [-0.2, 0) is 4.79 Å². The predicted octanol–water partition coefficient (Wildman–Crippen LogP) is 2.86. The summed E-state index contributed by atoms with van der Waals surface area (Å²) in [4.78, 5) is 27.8. The highest BCUT2D eigenvalue weighted by Crippen LogP contribution is 2.26. The van der Waals surface area contributed by atoms with Gasteiger partial charge in [0.1, 0.15) is 0 Å². The highest BCUT2D eigenvalue weighted by molar-refractivity contribution is 5.98. The second kappa shape index (κ2) is 6.56. The number of nitrogens with one attached hydrogen (secondary N) is 1. The molecular formula is C17H20N2O3. The minimum atomic E-state index is -0.909. The summed E-state index contributed by atoms with van der Waals surface area (Å²) in [5.41, 5.74) is -0.402. The molecule has 0 fully saturated rings. The molecule has 2 rings (SSSR count). The van der Waals surface area contributed by atoms with Gasteiger partial charge in [0, 0.05) is 29.9 Å². The van der Waals surface area contributed by atoms with Gasteiger partial charge in [-0.1, -0.05) is 19.9 Å². The first-order valence-electron chi connectivity index (χ1n) is 7.38. The van der Waals surface area contributed by atoms with E-state index in [1.807, 2.05) is 26.0 Å². The number of nitrogens with zero attached hydrogens (tertiary/aromatic N) is 1. The smallest absolute Gasteiger partial charge is 0.311 e. The van der Waals surface area contributed by atoms with Gasteiger partial charge in [-0.3, -0.25) is 14.6 Å². The van der Waals surface area contributed by atoms with E-state index >= 15 is 0 Å². The second-order valence-corrected chi connectivity index (χ2v) is 5.41. The molecule has 0 aliphatic heterocycles. The van der Waals surface area contributed by atoms with E-state index < -0.39 is 11.4 Å². The fourth-order valence-corrected chi connectivity index (χ4v) is 2.46. The van der Waals surface area contributed by atoms with Gasteiger partial charge in [-0.2, -0.15) is 0 Å². The molecular weight excluding hydrogens is 280 g/mol. The number of hydrogen-bond acceptors (Lipinski definition) is 3. The normalized spacial score (nSPS) is 11.4. The summed E-state index contributed by atoms with van der Waals surface area (Å²) in [5.74, 6) is -1.14. The molecule has 0 saturated heterocycles. The summed E-state index contributed by atoms with van der Waals surface area (Å²) in [5, 5.41) is 14.0. The average molecular weight is 300 g/mol. The first kappa shape index (κ1) is 15.9. The van der Waals surface area contributed by atoms with E-state index in [-0.39, 0.29) is 12.5 Å². The van der Waals surface area contributed by atoms with Crippen molar-refractivity contribution in [3.05, 3.63) is 42.2 Å². The maximum atomic E-state index is 12.3. The summed E-state index contributed by atoms with van der Waals surface area (Å²) in [6.07, 6.45) is 4.35. The lowest BCUT2D eigenvalue weighted by atomic mass is 9.82. The van der Waals surface area contributed by atoms with Gasteiger partial charge in [0.25, 0.3) is 5.91 Å². The zero-order chi connectivity index (χ0) is 16.2. The molecule has 1 aromatic carbocycles. The molecule has 2 aromatic rings. The van der Waals surface area contributed by atoms with Crippen molar-refractivity contribution >= 4 is 22.6 Å². The Balaban J connectivity index is 2.15. The van der Waals surface area contributed by atoms with Crippen molar-refractivity contribution in [1.82, 2.24) is 10.3 Å². The minimum Gasteiger partial charge on any atom is -0.481 e. The fraction of sp³-hybridized carbons (Fsp3) is 0.353. The van der Waals surface area contributed by atoms with Crippen molar-refractivity contribution in [2.75, 3.05) is 6.54 Å². The summed E-state index contributed by atoms with van der Waals surface area (Å²) in [6, 6.07) is 7.23. The molecule has 116 valence electrons. The molecule has 0 radical (unpaired) electrons. The molecule has 0 spiro atoms. The van der Waals surface area contributed by atoms with Crippen molar-refractivity contribution in [3.8, 4) is 0 Å². The molecule has 0 saturated carbocycles. The number of hydrogen-bond donors (Lipinski definition) is 2. The Labute approximate surface area is 129 Å². The number of aromatic nitrogens is 1. The topological polar surface area (TPSA) is 79.3 Å². The van der Waals surface area contributed by atoms with Crippen LogP contribution in [0.5, 0.6) is 0 Å². The Morgan fingerprint density at radius 1 is 1.18 bits per heavy atom. The molecule has 0 bridgehead atoms. The third-order valence-corrected chi connectivity index (χ3v) is 4.30. The summed E-state index contributed by atoms with van der Waals surface area (Å²) >= 11 is 0. The van der Waals surface area contributed by atoms with Crippen LogP contribution in [0.3, 0.4) is 0 Å². The molecule has 1 aromatic heterocycles. The Morgan fingerprint density at radius 3 is 2.55 bits per heavy atom. The number of benzene rings is 1. The Kier molecular flexibility index (Phi) is 4.75. The van der Waals surface area contributed by atoms with Crippen LogP contribution in [0.4, 0.5) is 0 Å². The molecule has 1 heterocycles. The number of carbonyl (C=O) groups excluding carboxylic acids is 1. The van der Waals surface area contributed by atoms with Crippen molar-refractivity contribution in [3.63, 3.8) is 0 Å². The van der Waals surface area contributed by atoms with Gasteiger partial charge in [0.15, 0.2) is 0 Å². The molecule has 1 amide bonds. The van der Waals surface area contributed by atoms with Crippen LogP contribution in [0.1, 0.15) is 37.0 Å². The van der Waals surface area contributed by atoms with Gasteiger partial charge in [-0.25, -0.2) is 0 Å². The van der Waals surface area contributed by atoms with Crippen LogP contribution >= 0.6 is 0 Å². The van der Waals surface area contributed by atoms with Crippen LogP contribution < -0.4 is 5.32 Å². The number of aliphatic carboxylic acids is 1. The SMILES string of the molecule is CCC(CC)(CNC(=O)c1ccc2ccncc2c1)C(=O)O. The maximum Gasteiger partial charge on any atom is 0.311 e. The van der Waals surface area contributed by atoms with Crippen LogP contribution in [0.25, 0.3) is 10.8 Å². The van der Waals surface area contributed by atoms with Crippen LogP contribution in [-0.4, -0.2) is 28.5 Å². The van der Waals surface area contributed by atoms with E-state index in [1.54, 1.807) is 24.5 Å². The molecule has 0 aliphatic rings. The third-order valence-electron chi connectivity index (χ3n) is 4.30. The van der Waals surface area contributed by atoms with Crippen LogP contribution in [0.15, 0.2) is 36.7 Å². The van der Waals surface area contributed by atoms with E-state index in [9.17, 15) is 14.7 Å². The lowest BCUT2D eigenvalue weighted by Gasteiger charge is -2.26. The zero-order valence-corrected chi connectivity index (χ0v) is 12.8. The van der Waals surface area contributed by atoms with Crippen molar-refractivity contribution in [1.29, 1.82) is 0 Å². The van der Waals surface area contributed by atoms with Gasteiger partial charge in [-0.15, -0.1) is 0 Å². The van der Waals surface area contributed by atoms with Gasteiger partial charge in [-0.05, 0) is 36.4 Å². The number of pyridine rings is 1. The lowest BCUT2D eigenvalue weighted by molar-refractivity contribution is -0.149. The van der Waals surface area contributed by atoms with Gasteiger partial charge in [0.05, 0.1) is 5.41 Å². The highest BCUT2D eigenvalue weighted by atomic mass is 16.4. The minimum absolute atomic E-state index is 0.124. The molecule has 2 N–H and O–H groups in total. The highest BCUT2D eigenvalue weighted by Gasteiger charge is 2.35. The van der Waals surface area contributed by atoms with Crippen LogP contribution in [0, 0.1) is 5.41 Å². The number of fused-ring (bicyclic) bond motifs is 1. The first-order chi connectivity index (χ1) is 10.5. The van der Waals surface area contributed by atoms with E-state index in [4.69, 9.17) is 0 Å². The number of carbonyl (C=O) groups is 2. The molecule has 5 nitrogen and oxygen atoms in total.